The molecule has 5 heteroatoms. The van der Waals surface area contributed by atoms with Crippen molar-refractivity contribution in [3.8, 4) is 17.1 Å². The maximum atomic E-state index is 13.3. The number of hydrogen-bond donors (Lipinski definition) is 0. The van der Waals surface area contributed by atoms with E-state index in [4.69, 9.17) is 0 Å². The highest BCUT2D eigenvalue weighted by molar-refractivity contribution is 5.95. The van der Waals surface area contributed by atoms with Crippen LogP contribution in [0.15, 0.2) is 82.4 Å². The Morgan fingerprint density at radius 2 is 1.60 bits per heavy atom. The van der Waals surface area contributed by atoms with E-state index in [1.807, 2.05) is 72.2 Å². The maximum Gasteiger partial charge on any atom is 0.352 e. The lowest BCUT2D eigenvalue weighted by molar-refractivity contribution is 0.582. The minimum Gasteiger partial charge on any atom is -0.293 e. The molecule has 0 N–H and O–H groups in total. The van der Waals surface area contributed by atoms with Crippen molar-refractivity contribution >= 4 is 21.7 Å². The molecule has 0 radical (unpaired) electrons. The predicted molar refractivity (Wildman–Crippen MR) is 121 cm³/mol. The zero-order chi connectivity index (χ0) is 20.7. The van der Waals surface area contributed by atoms with E-state index in [9.17, 15) is 9.59 Å². The Kier molecular flexibility index (Phi) is 4.43. The van der Waals surface area contributed by atoms with Gasteiger partial charge in [-0.2, -0.15) is 4.98 Å². The maximum absolute atomic E-state index is 13.3. The van der Waals surface area contributed by atoms with Crippen LogP contribution in [0.2, 0.25) is 0 Å². The summed E-state index contributed by atoms with van der Waals surface area (Å²) >= 11 is 0. The lowest BCUT2D eigenvalue weighted by Crippen LogP contribution is -2.38. The molecule has 148 valence electrons. The first-order chi connectivity index (χ1) is 14.7. The molecule has 0 saturated carbocycles. The zero-order valence-corrected chi connectivity index (χ0v) is 16.7. The van der Waals surface area contributed by atoms with Crippen molar-refractivity contribution < 1.29 is 0 Å². The highest BCUT2D eigenvalue weighted by atomic mass is 16.2. The van der Waals surface area contributed by atoms with Crippen LogP contribution >= 0.6 is 0 Å². The number of aromatic nitrogens is 3. The van der Waals surface area contributed by atoms with Gasteiger partial charge in [-0.25, -0.2) is 4.79 Å². The Bertz CT molecular complexity index is 1470. The lowest BCUT2D eigenvalue weighted by atomic mass is 10.1. The topological polar surface area (TPSA) is 56.9 Å². The molecule has 2 aliphatic rings. The molecule has 0 aliphatic carbocycles. The summed E-state index contributed by atoms with van der Waals surface area (Å²) in [4.78, 5) is 30.4. The summed E-state index contributed by atoms with van der Waals surface area (Å²) in [5, 5.41) is 3.05. The van der Waals surface area contributed by atoms with Crippen molar-refractivity contribution in [2.24, 2.45) is 0 Å². The Labute approximate surface area is 173 Å². The fourth-order valence-electron chi connectivity index (χ4n) is 4.08. The Morgan fingerprint density at radius 1 is 0.867 bits per heavy atom. The van der Waals surface area contributed by atoms with Crippen LogP contribution in [0.1, 0.15) is 19.8 Å². The highest BCUT2D eigenvalue weighted by Gasteiger charge is 2.21. The van der Waals surface area contributed by atoms with Gasteiger partial charge in [-0.05, 0) is 35.4 Å². The van der Waals surface area contributed by atoms with E-state index < -0.39 is 5.69 Å². The second-order valence-corrected chi connectivity index (χ2v) is 7.48. The quantitative estimate of drug-likeness (QED) is 0.418. The molecule has 2 aliphatic heterocycles. The molecule has 3 aromatic carbocycles. The molecule has 2 heterocycles. The largest absolute Gasteiger partial charge is 0.352 e. The van der Waals surface area contributed by atoms with E-state index in [0.29, 0.717) is 17.9 Å². The number of benzene rings is 3. The smallest absolute Gasteiger partial charge is 0.293 e. The summed E-state index contributed by atoms with van der Waals surface area (Å²) in [6.07, 6.45) is 1.66. The van der Waals surface area contributed by atoms with Gasteiger partial charge >= 0.3 is 5.69 Å². The fourth-order valence-corrected chi connectivity index (χ4v) is 4.08. The van der Waals surface area contributed by atoms with Gasteiger partial charge in [0.2, 0.25) is 0 Å². The molecule has 5 rings (SSSR count). The third-order valence-corrected chi connectivity index (χ3v) is 5.58. The summed E-state index contributed by atoms with van der Waals surface area (Å²) in [5.41, 5.74) is 1.48. The molecule has 0 unspecified atom stereocenters. The number of fused-ring (bicyclic) bond motifs is 3. The van der Waals surface area contributed by atoms with Gasteiger partial charge in [0.15, 0.2) is 5.82 Å². The second-order valence-electron chi connectivity index (χ2n) is 7.48. The van der Waals surface area contributed by atoms with Gasteiger partial charge in [-0.1, -0.05) is 67.9 Å². The van der Waals surface area contributed by atoms with Crippen molar-refractivity contribution in [2.75, 3.05) is 0 Å². The third kappa shape index (κ3) is 2.82. The van der Waals surface area contributed by atoms with Crippen LogP contribution in [-0.4, -0.2) is 14.1 Å². The first kappa shape index (κ1) is 18.3. The highest BCUT2D eigenvalue weighted by Crippen LogP contribution is 2.31. The molecule has 0 bridgehead atoms. The number of pyridine rings is 1. The Hall–Kier alpha value is -3.73. The van der Waals surface area contributed by atoms with E-state index in [2.05, 4.69) is 17.1 Å². The average Bonchev–Trinajstić information content (AvgIpc) is 2.78. The van der Waals surface area contributed by atoms with Crippen LogP contribution in [0.3, 0.4) is 0 Å². The monoisotopic (exact) mass is 395 g/mol. The van der Waals surface area contributed by atoms with Gasteiger partial charge in [-0.15, -0.1) is 0 Å². The van der Waals surface area contributed by atoms with Crippen molar-refractivity contribution in [1.82, 2.24) is 14.1 Å². The third-order valence-electron chi connectivity index (χ3n) is 5.58. The number of unbranched alkanes of at least 4 members (excludes halogenated alkanes) is 1. The average molecular weight is 395 g/mol. The molecule has 0 saturated heterocycles. The van der Waals surface area contributed by atoms with Gasteiger partial charge in [0.05, 0.1) is 16.8 Å². The SMILES string of the molecule is CCCCn1c(=O)nc2n(-c3cccc4ccccc34)c3ccccc3cc-2c1=O. The van der Waals surface area contributed by atoms with Crippen LogP contribution in [0, 0.1) is 0 Å². The minimum atomic E-state index is -0.495. The van der Waals surface area contributed by atoms with Crippen LogP contribution in [0.5, 0.6) is 0 Å². The zero-order valence-electron chi connectivity index (χ0n) is 16.7. The standard InChI is InChI=1S/C25H21N3O2/c1-2-3-15-27-24(29)20-16-18-10-5-7-13-21(18)28(23(20)26-25(27)30)22-14-8-11-17-9-4-6-12-19(17)22/h4-14,16H,2-3,15H2,1H3. The first-order valence-electron chi connectivity index (χ1n) is 10.2. The molecule has 0 atom stereocenters. The van der Waals surface area contributed by atoms with Gasteiger partial charge in [0.25, 0.3) is 5.56 Å². The predicted octanol–water partition coefficient (Wildman–Crippen LogP) is 4.61. The van der Waals surface area contributed by atoms with Crippen LogP contribution in [0.4, 0.5) is 0 Å². The van der Waals surface area contributed by atoms with E-state index >= 15 is 0 Å². The van der Waals surface area contributed by atoms with Gasteiger partial charge < -0.3 is 0 Å². The van der Waals surface area contributed by atoms with E-state index in [0.717, 1.165) is 40.2 Å². The van der Waals surface area contributed by atoms with Crippen LogP contribution in [-0.2, 0) is 6.54 Å². The van der Waals surface area contributed by atoms with Crippen LogP contribution < -0.4 is 11.2 Å². The van der Waals surface area contributed by atoms with Crippen molar-refractivity contribution in [3.63, 3.8) is 0 Å². The number of hydrogen-bond acceptors (Lipinski definition) is 3. The van der Waals surface area contributed by atoms with E-state index in [1.165, 1.54) is 4.57 Å². The van der Waals surface area contributed by atoms with Crippen molar-refractivity contribution in [3.05, 3.63) is 93.6 Å². The first-order valence-corrected chi connectivity index (χ1v) is 10.2. The van der Waals surface area contributed by atoms with Crippen molar-refractivity contribution in [1.29, 1.82) is 0 Å². The number of para-hydroxylation sites is 1. The molecule has 0 aromatic heterocycles. The van der Waals surface area contributed by atoms with Crippen LogP contribution in [0.25, 0.3) is 38.8 Å². The minimum absolute atomic E-state index is 0.279. The molecular formula is C25H21N3O2. The molecule has 0 spiro atoms. The fraction of sp³-hybridized carbons (Fsp3) is 0.160. The summed E-state index contributed by atoms with van der Waals surface area (Å²) in [5.74, 6) is 0.396. The van der Waals surface area contributed by atoms with Gasteiger partial charge in [0.1, 0.15) is 0 Å². The van der Waals surface area contributed by atoms with E-state index in [1.54, 1.807) is 0 Å². The molecular weight excluding hydrogens is 374 g/mol. The molecule has 30 heavy (non-hydrogen) atoms. The van der Waals surface area contributed by atoms with E-state index in [-0.39, 0.29) is 5.56 Å². The summed E-state index contributed by atoms with van der Waals surface area (Å²) < 4.78 is 3.20. The number of nitrogens with zero attached hydrogens (tertiary/aromatic N) is 3. The lowest BCUT2D eigenvalue weighted by Gasteiger charge is -2.20. The van der Waals surface area contributed by atoms with Gasteiger partial charge in [-0.3, -0.25) is 13.9 Å². The summed E-state index contributed by atoms with van der Waals surface area (Å²) in [6.45, 7) is 2.42. The van der Waals surface area contributed by atoms with Gasteiger partial charge in [0, 0.05) is 11.9 Å². The summed E-state index contributed by atoms with van der Waals surface area (Å²) in [6, 6.07) is 23.9. The Balaban J connectivity index is 1.95. The molecule has 5 nitrogen and oxygen atoms in total. The van der Waals surface area contributed by atoms with Crippen molar-refractivity contribution in [2.45, 2.75) is 26.3 Å². The molecule has 0 fully saturated rings. The second kappa shape index (κ2) is 7.26. The number of rotatable bonds is 4. The molecule has 3 aromatic rings. The Morgan fingerprint density at radius 3 is 2.43 bits per heavy atom. The molecule has 0 amide bonds. The summed E-state index contributed by atoms with van der Waals surface area (Å²) in [7, 11) is 0. The normalized spacial score (nSPS) is 11.5.